The molecule has 1 aliphatic heterocycles. The maximum atomic E-state index is 11.4. The Morgan fingerprint density at radius 2 is 1.77 bits per heavy atom. The second-order valence-electron chi connectivity index (χ2n) is 4.55. The van der Waals surface area contributed by atoms with Crippen molar-refractivity contribution in [2.24, 2.45) is 0 Å². The molecule has 0 bridgehead atoms. The fourth-order valence-electron chi connectivity index (χ4n) is 1.99. The van der Waals surface area contributed by atoms with Gasteiger partial charge in [-0.3, -0.25) is 10.1 Å². The average molecular weight is 298 g/mol. The highest BCUT2D eigenvalue weighted by atomic mass is 16.4. The highest BCUT2D eigenvalue weighted by molar-refractivity contribution is 6.13. The topological polar surface area (TPSA) is 109 Å². The molecule has 1 saturated heterocycles. The third-order valence-corrected chi connectivity index (χ3v) is 3.05. The minimum absolute atomic E-state index is 0.104. The highest BCUT2D eigenvalue weighted by Gasteiger charge is 2.23. The molecule has 3 amide bonds. The number of carboxylic acid groups (broad SMARTS) is 1. The Kier molecular flexibility index (Phi) is 3.23. The number of carboxylic acids is 1. The van der Waals surface area contributed by atoms with Crippen LogP contribution < -0.4 is 10.6 Å². The Hall–Kier alpha value is -3.35. The van der Waals surface area contributed by atoms with Crippen LogP contribution in [0, 0.1) is 0 Å². The van der Waals surface area contributed by atoms with Gasteiger partial charge < -0.3 is 14.8 Å². The monoisotopic (exact) mass is 298 g/mol. The van der Waals surface area contributed by atoms with Crippen molar-refractivity contribution in [3.63, 3.8) is 0 Å². The lowest BCUT2D eigenvalue weighted by molar-refractivity contribution is -0.115. The van der Waals surface area contributed by atoms with Gasteiger partial charge in [-0.25, -0.2) is 9.59 Å². The quantitative estimate of drug-likeness (QED) is 0.591. The number of nitrogens with one attached hydrogen (secondary N) is 2. The molecule has 1 aromatic carbocycles. The molecule has 1 aliphatic rings. The zero-order valence-electron chi connectivity index (χ0n) is 11.1. The molecule has 22 heavy (non-hydrogen) atoms. The minimum Gasteiger partial charge on any atom is -0.478 e. The van der Waals surface area contributed by atoms with Crippen LogP contribution >= 0.6 is 0 Å². The summed E-state index contributed by atoms with van der Waals surface area (Å²) in [5.74, 6) is -0.605. The van der Waals surface area contributed by atoms with Gasteiger partial charge in [-0.2, -0.15) is 0 Å². The van der Waals surface area contributed by atoms with Crippen molar-refractivity contribution in [2.45, 2.75) is 0 Å². The Morgan fingerprint density at radius 1 is 1.05 bits per heavy atom. The van der Waals surface area contributed by atoms with E-state index in [-0.39, 0.29) is 11.3 Å². The van der Waals surface area contributed by atoms with Gasteiger partial charge in [0.25, 0.3) is 5.91 Å². The molecular weight excluding hydrogens is 288 g/mol. The predicted octanol–water partition coefficient (Wildman–Crippen LogP) is 1.83. The fourth-order valence-corrected chi connectivity index (χ4v) is 1.99. The lowest BCUT2D eigenvalue weighted by Gasteiger charge is -1.98. The molecule has 7 heteroatoms. The lowest BCUT2D eigenvalue weighted by Crippen LogP contribution is -2.22. The lowest BCUT2D eigenvalue weighted by atomic mass is 10.1. The van der Waals surface area contributed by atoms with Crippen molar-refractivity contribution < 1.29 is 23.9 Å². The van der Waals surface area contributed by atoms with E-state index in [1.807, 2.05) is 0 Å². The molecule has 1 fully saturated rings. The summed E-state index contributed by atoms with van der Waals surface area (Å²) in [6, 6.07) is 8.97. The number of rotatable bonds is 3. The van der Waals surface area contributed by atoms with Gasteiger partial charge in [0.15, 0.2) is 0 Å². The summed E-state index contributed by atoms with van der Waals surface area (Å²) in [7, 11) is 0. The summed E-state index contributed by atoms with van der Waals surface area (Å²) in [4.78, 5) is 33.2. The number of aromatic carboxylic acids is 1. The third-order valence-electron chi connectivity index (χ3n) is 3.05. The van der Waals surface area contributed by atoms with E-state index < -0.39 is 17.9 Å². The van der Waals surface area contributed by atoms with Crippen LogP contribution in [0.5, 0.6) is 0 Å². The van der Waals surface area contributed by atoms with E-state index in [2.05, 4.69) is 10.6 Å². The first-order valence-corrected chi connectivity index (χ1v) is 6.30. The van der Waals surface area contributed by atoms with Crippen LogP contribution in [0.15, 0.2) is 46.5 Å². The van der Waals surface area contributed by atoms with E-state index in [9.17, 15) is 14.4 Å². The molecule has 7 nitrogen and oxygen atoms in total. The standard InChI is InChI=1S/C15H10N2O5/c18-13-11(16-15(21)17-13)7-10-5-6-12(22-10)8-1-3-9(4-2-8)14(19)20/h1-7H,(H,19,20)(H2,16,17,18,21)/b11-7+. The van der Waals surface area contributed by atoms with Gasteiger partial charge >= 0.3 is 12.0 Å². The normalized spacial score (nSPS) is 15.7. The van der Waals surface area contributed by atoms with Crippen LogP contribution in [-0.4, -0.2) is 23.0 Å². The summed E-state index contributed by atoms with van der Waals surface area (Å²) in [5, 5.41) is 13.3. The number of hydrogen-bond acceptors (Lipinski definition) is 4. The molecule has 2 aromatic rings. The van der Waals surface area contributed by atoms with Gasteiger partial charge in [0.2, 0.25) is 0 Å². The summed E-state index contributed by atoms with van der Waals surface area (Å²) in [5.41, 5.74) is 0.990. The number of imide groups is 1. The third kappa shape index (κ3) is 2.59. The number of furan rings is 1. The molecule has 0 atom stereocenters. The van der Waals surface area contributed by atoms with Crippen molar-refractivity contribution in [3.8, 4) is 11.3 Å². The molecular formula is C15H10N2O5. The summed E-state index contributed by atoms with van der Waals surface area (Å²) in [6.45, 7) is 0. The van der Waals surface area contributed by atoms with E-state index in [4.69, 9.17) is 9.52 Å². The molecule has 3 rings (SSSR count). The van der Waals surface area contributed by atoms with E-state index in [1.54, 1.807) is 24.3 Å². The van der Waals surface area contributed by atoms with Crippen LogP contribution in [0.3, 0.4) is 0 Å². The zero-order chi connectivity index (χ0) is 15.7. The number of carbonyl (C=O) groups excluding carboxylic acids is 2. The van der Waals surface area contributed by atoms with E-state index >= 15 is 0 Å². The Bertz CT molecular complexity index is 802. The molecule has 0 spiro atoms. The molecule has 1 aromatic heterocycles. The minimum atomic E-state index is -1.00. The largest absolute Gasteiger partial charge is 0.478 e. The molecule has 2 heterocycles. The number of urea groups is 1. The molecule has 0 radical (unpaired) electrons. The van der Waals surface area contributed by atoms with Crippen molar-refractivity contribution in [1.29, 1.82) is 0 Å². The smallest absolute Gasteiger partial charge is 0.335 e. The van der Waals surface area contributed by atoms with Gasteiger partial charge in [0, 0.05) is 11.6 Å². The van der Waals surface area contributed by atoms with Crippen LogP contribution in [0.25, 0.3) is 17.4 Å². The van der Waals surface area contributed by atoms with Crippen LogP contribution in [0.2, 0.25) is 0 Å². The Balaban J connectivity index is 1.85. The predicted molar refractivity (Wildman–Crippen MR) is 75.8 cm³/mol. The first kappa shape index (κ1) is 13.6. The molecule has 0 unspecified atom stereocenters. The van der Waals surface area contributed by atoms with Gasteiger partial charge in [0.1, 0.15) is 17.2 Å². The summed E-state index contributed by atoms with van der Waals surface area (Å²) >= 11 is 0. The number of carbonyl (C=O) groups is 3. The van der Waals surface area contributed by atoms with Crippen LogP contribution in [0.4, 0.5) is 4.79 Å². The highest BCUT2D eigenvalue weighted by Crippen LogP contribution is 2.24. The van der Waals surface area contributed by atoms with Gasteiger partial charge in [-0.1, -0.05) is 12.1 Å². The van der Waals surface area contributed by atoms with Crippen molar-refractivity contribution in [1.82, 2.24) is 10.6 Å². The van der Waals surface area contributed by atoms with E-state index in [0.717, 1.165) is 0 Å². The second kappa shape index (κ2) is 5.21. The first-order valence-electron chi connectivity index (χ1n) is 6.30. The number of benzene rings is 1. The van der Waals surface area contributed by atoms with Crippen molar-refractivity contribution in [3.05, 3.63) is 53.4 Å². The summed E-state index contributed by atoms with van der Waals surface area (Å²) in [6.07, 6.45) is 1.41. The molecule has 0 saturated carbocycles. The van der Waals surface area contributed by atoms with Gasteiger partial charge in [-0.05, 0) is 24.3 Å². The molecule has 0 aliphatic carbocycles. The fraction of sp³-hybridized carbons (Fsp3) is 0. The molecule has 3 N–H and O–H groups in total. The zero-order valence-corrected chi connectivity index (χ0v) is 11.1. The maximum Gasteiger partial charge on any atom is 0.335 e. The van der Waals surface area contributed by atoms with E-state index in [0.29, 0.717) is 17.1 Å². The summed E-state index contributed by atoms with van der Waals surface area (Å²) < 4.78 is 5.56. The number of amides is 3. The van der Waals surface area contributed by atoms with Crippen molar-refractivity contribution >= 4 is 24.0 Å². The number of hydrogen-bond donors (Lipinski definition) is 3. The average Bonchev–Trinajstić information content (AvgIpc) is 3.06. The van der Waals surface area contributed by atoms with Crippen molar-refractivity contribution in [2.75, 3.05) is 0 Å². The Labute approximate surface area is 124 Å². The first-order chi connectivity index (χ1) is 10.5. The second-order valence-corrected chi connectivity index (χ2v) is 4.55. The van der Waals surface area contributed by atoms with Crippen LogP contribution in [0.1, 0.15) is 16.1 Å². The van der Waals surface area contributed by atoms with Crippen LogP contribution in [-0.2, 0) is 4.79 Å². The van der Waals surface area contributed by atoms with E-state index in [1.165, 1.54) is 18.2 Å². The van der Waals surface area contributed by atoms with Gasteiger partial charge in [0.05, 0.1) is 5.56 Å². The SMILES string of the molecule is O=C1NC(=O)/C(=C\c2ccc(-c3ccc(C(=O)O)cc3)o2)N1. The van der Waals surface area contributed by atoms with Gasteiger partial charge in [-0.15, -0.1) is 0 Å². The molecule has 110 valence electrons. The maximum absolute atomic E-state index is 11.4. The Morgan fingerprint density at radius 3 is 2.36 bits per heavy atom.